The molecule has 0 saturated carbocycles. The van der Waals surface area contributed by atoms with Crippen molar-refractivity contribution in [3.8, 4) is 5.75 Å². The molecule has 0 aliphatic carbocycles. The summed E-state index contributed by atoms with van der Waals surface area (Å²) >= 11 is 3.39. The average molecular weight is 635 g/mol. The van der Waals surface area contributed by atoms with Crippen molar-refractivity contribution in [3.05, 3.63) is 88.6 Å². The molecule has 1 unspecified atom stereocenters. The van der Waals surface area contributed by atoms with Crippen LogP contribution in [0.4, 0.5) is 10.1 Å². The van der Waals surface area contributed by atoms with Crippen molar-refractivity contribution in [3.63, 3.8) is 0 Å². The highest BCUT2D eigenvalue weighted by atomic mass is 79.9. The fourth-order valence-corrected chi connectivity index (χ4v) is 5.58. The number of amides is 2. The Hall–Kier alpha value is -3.44. The number of rotatable bonds is 13. The molecule has 0 bridgehead atoms. The maximum Gasteiger partial charge on any atom is 0.264 e. The van der Waals surface area contributed by atoms with E-state index in [0.29, 0.717) is 18.9 Å². The Morgan fingerprint density at radius 1 is 0.975 bits per heavy atom. The Morgan fingerprint density at radius 3 is 2.17 bits per heavy atom. The van der Waals surface area contributed by atoms with Gasteiger partial charge in [-0.3, -0.25) is 13.9 Å². The molecule has 8 nitrogen and oxygen atoms in total. The molecule has 0 fully saturated rings. The Labute approximate surface area is 243 Å². The number of anilines is 1. The number of sulfonamides is 1. The molecule has 0 radical (unpaired) electrons. The van der Waals surface area contributed by atoms with Gasteiger partial charge in [0.15, 0.2) is 0 Å². The maximum absolute atomic E-state index is 13.8. The van der Waals surface area contributed by atoms with Crippen LogP contribution in [-0.4, -0.2) is 50.9 Å². The first kappa shape index (κ1) is 31.1. The molecule has 0 heterocycles. The van der Waals surface area contributed by atoms with Gasteiger partial charge in [0.05, 0.1) is 17.2 Å². The van der Waals surface area contributed by atoms with Crippen LogP contribution in [0.3, 0.4) is 0 Å². The van der Waals surface area contributed by atoms with E-state index in [4.69, 9.17) is 4.74 Å². The number of nitrogens with one attached hydrogen (secondary N) is 1. The first-order valence-electron chi connectivity index (χ1n) is 12.9. The molecule has 1 N–H and O–H groups in total. The molecule has 2 amide bonds. The van der Waals surface area contributed by atoms with E-state index in [9.17, 15) is 22.4 Å². The monoisotopic (exact) mass is 633 g/mol. The molecule has 1 atom stereocenters. The molecule has 0 spiro atoms. The van der Waals surface area contributed by atoms with Crippen LogP contribution in [0.5, 0.6) is 5.75 Å². The van der Waals surface area contributed by atoms with Gasteiger partial charge in [0.25, 0.3) is 10.0 Å². The molecule has 40 heavy (non-hydrogen) atoms. The van der Waals surface area contributed by atoms with Gasteiger partial charge in [0.2, 0.25) is 11.8 Å². The first-order valence-corrected chi connectivity index (χ1v) is 15.1. The van der Waals surface area contributed by atoms with Crippen molar-refractivity contribution in [2.45, 2.75) is 44.7 Å². The number of carbonyl (C=O) groups excluding carboxylic acids is 2. The summed E-state index contributed by atoms with van der Waals surface area (Å²) in [7, 11) is -4.26. The summed E-state index contributed by atoms with van der Waals surface area (Å²) in [6.07, 6.45) is 0.720. The lowest BCUT2D eigenvalue weighted by molar-refractivity contribution is -0.139. The zero-order chi connectivity index (χ0) is 29.3. The van der Waals surface area contributed by atoms with E-state index in [2.05, 4.69) is 21.2 Å². The average Bonchev–Trinajstić information content (AvgIpc) is 2.94. The molecule has 0 aromatic heterocycles. The van der Waals surface area contributed by atoms with Crippen molar-refractivity contribution >= 4 is 43.5 Å². The van der Waals surface area contributed by atoms with Gasteiger partial charge in [-0.05, 0) is 86.5 Å². The third-order valence-electron chi connectivity index (χ3n) is 6.10. The Morgan fingerprint density at radius 2 is 1.60 bits per heavy atom. The van der Waals surface area contributed by atoms with Crippen LogP contribution in [0, 0.1) is 5.82 Å². The fraction of sp³-hybridized carbons (Fsp3) is 0.310. The molecule has 3 aromatic carbocycles. The number of carbonyl (C=O) groups is 2. The predicted octanol–water partition coefficient (Wildman–Crippen LogP) is 5.13. The number of ether oxygens (including phenoxy) is 1. The molecule has 0 aliphatic rings. The minimum atomic E-state index is -4.26. The second kappa shape index (κ2) is 14.3. The van der Waals surface area contributed by atoms with Crippen molar-refractivity contribution < 1.29 is 27.1 Å². The van der Waals surface area contributed by atoms with Gasteiger partial charge in [-0.2, -0.15) is 0 Å². The van der Waals surface area contributed by atoms with E-state index in [0.717, 1.165) is 32.9 Å². The number of benzene rings is 3. The van der Waals surface area contributed by atoms with Crippen molar-refractivity contribution in [2.24, 2.45) is 0 Å². The molecule has 11 heteroatoms. The van der Waals surface area contributed by atoms with Crippen molar-refractivity contribution in [1.82, 2.24) is 10.2 Å². The smallest absolute Gasteiger partial charge is 0.264 e. The standard InChI is InChI=1S/C29H33BrFN3O5S/c1-4-18-32-29(36)21(3)33(19-22-6-8-23(30)9-7-22)28(35)20-34(25-12-10-24(31)11-13-25)40(37,38)27-16-14-26(15-17-27)39-5-2/h6-17,21H,4-5,18-20H2,1-3H3,(H,32,36). The highest BCUT2D eigenvalue weighted by molar-refractivity contribution is 9.10. The molecular weight excluding hydrogens is 601 g/mol. The van der Waals surface area contributed by atoms with Crippen molar-refractivity contribution in [2.75, 3.05) is 24.0 Å². The summed E-state index contributed by atoms with van der Waals surface area (Å²) in [6.45, 7) is 5.66. The van der Waals surface area contributed by atoms with Gasteiger partial charge in [-0.1, -0.05) is 35.0 Å². The van der Waals surface area contributed by atoms with Gasteiger partial charge in [-0.15, -0.1) is 0 Å². The summed E-state index contributed by atoms with van der Waals surface area (Å²) in [6, 6.07) is 17.1. The summed E-state index contributed by atoms with van der Waals surface area (Å²) in [5.74, 6) is -0.999. The van der Waals surface area contributed by atoms with Crippen LogP contribution in [0.2, 0.25) is 0 Å². The predicted molar refractivity (Wildman–Crippen MR) is 156 cm³/mol. The van der Waals surface area contributed by atoms with E-state index in [-0.39, 0.29) is 23.0 Å². The number of hydrogen-bond donors (Lipinski definition) is 1. The van der Waals surface area contributed by atoms with E-state index in [1.807, 2.05) is 38.1 Å². The lowest BCUT2D eigenvalue weighted by Crippen LogP contribution is -2.51. The SMILES string of the molecule is CCCNC(=O)C(C)N(Cc1ccc(Br)cc1)C(=O)CN(c1ccc(F)cc1)S(=O)(=O)c1ccc(OCC)cc1. The third kappa shape index (κ3) is 8.04. The van der Waals surface area contributed by atoms with E-state index >= 15 is 0 Å². The maximum atomic E-state index is 13.8. The first-order chi connectivity index (χ1) is 19.1. The lowest BCUT2D eigenvalue weighted by atomic mass is 10.1. The van der Waals surface area contributed by atoms with Gasteiger partial charge in [-0.25, -0.2) is 12.8 Å². The van der Waals surface area contributed by atoms with Crippen molar-refractivity contribution in [1.29, 1.82) is 0 Å². The summed E-state index contributed by atoms with van der Waals surface area (Å²) < 4.78 is 48.6. The van der Waals surface area contributed by atoms with Crippen LogP contribution in [0.25, 0.3) is 0 Å². The van der Waals surface area contributed by atoms with Gasteiger partial charge < -0.3 is 15.0 Å². The second-order valence-corrected chi connectivity index (χ2v) is 11.8. The quantitative estimate of drug-likeness (QED) is 0.282. The van der Waals surface area contributed by atoms with Crippen LogP contribution in [-0.2, 0) is 26.2 Å². The number of halogens is 2. The lowest BCUT2D eigenvalue weighted by Gasteiger charge is -2.32. The highest BCUT2D eigenvalue weighted by Crippen LogP contribution is 2.26. The van der Waals surface area contributed by atoms with Gasteiger partial charge in [0.1, 0.15) is 24.2 Å². The molecule has 3 aromatic rings. The Balaban J connectivity index is 2.00. The highest BCUT2D eigenvalue weighted by Gasteiger charge is 2.32. The van der Waals surface area contributed by atoms with Gasteiger partial charge in [0, 0.05) is 17.6 Å². The molecule has 214 valence electrons. The third-order valence-corrected chi connectivity index (χ3v) is 8.42. The second-order valence-electron chi connectivity index (χ2n) is 9.01. The Bertz CT molecular complexity index is 1380. The topological polar surface area (TPSA) is 96.0 Å². The van der Waals surface area contributed by atoms with E-state index in [1.54, 1.807) is 6.92 Å². The zero-order valence-electron chi connectivity index (χ0n) is 22.6. The number of hydrogen-bond acceptors (Lipinski definition) is 5. The molecule has 0 saturated heterocycles. The number of nitrogens with zero attached hydrogens (tertiary/aromatic N) is 2. The summed E-state index contributed by atoms with van der Waals surface area (Å²) in [4.78, 5) is 28.0. The normalized spacial score (nSPS) is 11.9. The summed E-state index contributed by atoms with van der Waals surface area (Å²) in [5.41, 5.74) is 0.865. The van der Waals surface area contributed by atoms with Crippen LogP contribution >= 0.6 is 15.9 Å². The van der Waals surface area contributed by atoms with Gasteiger partial charge >= 0.3 is 0 Å². The van der Waals surface area contributed by atoms with Crippen LogP contribution < -0.4 is 14.4 Å². The minimum absolute atomic E-state index is 0.0683. The van der Waals surface area contributed by atoms with E-state index < -0.39 is 34.3 Å². The summed E-state index contributed by atoms with van der Waals surface area (Å²) in [5, 5.41) is 2.80. The molecule has 3 rings (SSSR count). The van der Waals surface area contributed by atoms with Crippen LogP contribution in [0.15, 0.2) is 82.2 Å². The largest absolute Gasteiger partial charge is 0.494 e. The Kier molecular flexibility index (Phi) is 11.1. The zero-order valence-corrected chi connectivity index (χ0v) is 25.0. The molecular formula is C29H33BrFN3O5S. The fourth-order valence-electron chi connectivity index (χ4n) is 3.90. The van der Waals surface area contributed by atoms with E-state index in [1.165, 1.54) is 41.3 Å². The minimum Gasteiger partial charge on any atom is -0.494 e. The van der Waals surface area contributed by atoms with Crippen LogP contribution in [0.1, 0.15) is 32.8 Å². The molecule has 0 aliphatic heterocycles.